The minimum atomic E-state index is -0.668. The zero-order chi connectivity index (χ0) is 19.4. The third-order valence-corrected chi connectivity index (χ3v) is 5.94. The first-order valence-corrected chi connectivity index (χ1v) is 10.4. The molecule has 2 heterocycles. The van der Waals surface area contributed by atoms with Crippen LogP contribution in [-0.4, -0.2) is 47.6 Å². The molecule has 2 aliphatic heterocycles. The minimum absolute atomic E-state index is 0.220. The zero-order valence-corrected chi connectivity index (χ0v) is 16.6. The molecular weight excluding hydrogens is 340 g/mol. The van der Waals surface area contributed by atoms with Crippen LogP contribution in [0.25, 0.3) is 0 Å². The summed E-state index contributed by atoms with van der Waals surface area (Å²) in [4.78, 5) is 28.0. The molecule has 148 valence electrons. The summed E-state index contributed by atoms with van der Waals surface area (Å²) in [5.41, 5.74) is 3.63. The summed E-state index contributed by atoms with van der Waals surface area (Å²) in [5.74, 6) is -0.648. The first-order valence-electron chi connectivity index (χ1n) is 10.4. The van der Waals surface area contributed by atoms with Crippen molar-refractivity contribution in [2.24, 2.45) is 5.92 Å². The molecule has 3 rings (SSSR count). The Balaban J connectivity index is 1.61. The molecule has 1 amide bonds. The maximum absolute atomic E-state index is 12.6. The van der Waals surface area contributed by atoms with Gasteiger partial charge in [-0.05, 0) is 62.8 Å². The Morgan fingerprint density at radius 2 is 2.11 bits per heavy atom. The van der Waals surface area contributed by atoms with E-state index in [1.54, 1.807) is 0 Å². The molecule has 0 spiro atoms. The van der Waals surface area contributed by atoms with Crippen LogP contribution in [0.3, 0.4) is 0 Å². The fourth-order valence-electron chi connectivity index (χ4n) is 4.42. The number of anilines is 1. The quantitative estimate of drug-likeness (QED) is 0.796. The van der Waals surface area contributed by atoms with Gasteiger partial charge < -0.3 is 14.9 Å². The average molecular weight is 373 g/mol. The number of benzene rings is 1. The van der Waals surface area contributed by atoms with Crippen LogP contribution < -0.4 is 4.90 Å². The number of hydrogen-bond donors (Lipinski definition) is 1. The van der Waals surface area contributed by atoms with Crippen molar-refractivity contribution >= 4 is 17.6 Å². The molecule has 1 N–H and O–H groups in total. The molecule has 0 bridgehead atoms. The normalized spacial score (nSPS) is 22.7. The van der Waals surface area contributed by atoms with Gasteiger partial charge in [0, 0.05) is 31.2 Å². The molecule has 1 aromatic rings. The lowest BCUT2D eigenvalue weighted by Crippen LogP contribution is -2.39. The highest BCUT2D eigenvalue weighted by molar-refractivity contribution is 5.96. The van der Waals surface area contributed by atoms with E-state index in [2.05, 4.69) is 36.9 Å². The van der Waals surface area contributed by atoms with Gasteiger partial charge in [-0.1, -0.05) is 25.5 Å². The number of unbranched alkanes of at least 4 members (excludes halogenated alkanes) is 1. The molecule has 2 aliphatic rings. The lowest BCUT2D eigenvalue weighted by atomic mass is 9.97. The van der Waals surface area contributed by atoms with Crippen molar-refractivity contribution in [3.63, 3.8) is 0 Å². The Kier molecular flexibility index (Phi) is 6.53. The maximum atomic E-state index is 12.6. The van der Waals surface area contributed by atoms with E-state index < -0.39 is 5.97 Å². The second-order valence-corrected chi connectivity index (χ2v) is 8.11. The van der Waals surface area contributed by atoms with Crippen molar-refractivity contribution in [1.29, 1.82) is 0 Å². The molecule has 27 heavy (non-hydrogen) atoms. The average Bonchev–Trinajstić information content (AvgIpc) is 2.99. The molecule has 2 unspecified atom stereocenters. The number of carbonyl (C=O) groups is 2. The fourth-order valence-corrected chi connectivity index (χ4v) is 4.42. The number of rotatable bonds is 7. The van der Waals surface area contributed by atoms with Crippen LogP contribution in [0.15, 0.2) is 18.2 Å². The Morgan fingerprint density at radius 3 is 2.85 bits per heavy atom. The largest absolute Gasteiger partial charge is 0.481 e. The molecular formula is C22H32N2O3. The number of amides is 1. The fraction of sp³-hybridized carbons (Fsp3) is 0.636. The number of likely N-dealkylation sites (tertiary alicyclic amines) is 1. The summed E-state index contributed by atoms with van der Waals surface area (Å²) in [6.07, 6.45) is 6.23. The Labute approximate surface area is 162 Å². The molecule has 1 fully saturated rings. The zero-order valence-electron chi connectivity index (χ0n) is 16.6. The van der Waals surface area contributed by atoms with E-state index in [1.165, 1.54) is 11.1 Å². The van der Waals surface area contributed by atoms with Gasteiger partial charge in [-0.2, -0.15) is 0 Å². The van der Waals surface area contributed by atoms with Gasteiger partial charge >= 0.3 is 5.97 Å². The van der Waals surface area contributed by atoms with Crippen LogP contribution >= 0.6 is 0 Å². The van der Waals surface area contributed by atoms with Crippen LogP contribution in [-0.2, 0) is 22.4 Å². The first kappa shape index (κ1) is 19.9. The van der Waals surface area contributed by atoms with Crippen molar-refractivity contribution in [2.45, 2.75) is 64.8 Å². The second kappa shape index (κ2) is 8.87. The number of piperidine rings is 1. The van der Waals surface area contributed by atoms with Crippen LogP contribution in [0.1, 0.15) is 57.1 Å². The van der Waals surface area contributed by atoms with E-state index >= 15 is 0 Å². The van der Waals surface area contributed by atoms with Crippen molar-refractivity contribution in [3.05, 3.63) is 29.3 Å². The van der Waals surface area contributed by atoms with Gasteiger partial charge in [0.2, 0.25) is 5.91 Å². The summed E-state index contributed by atoms with van der Waals surface area (Å²) in [7, 11) is 0. The lowest BCUT2D eigenvalue weighted by Gasteiger charge is -2.30. The highest BCUT2D eigenvalue weighted by Crippen LogP contribution is 2.33. The van der Waals surface area contributed by atoms with Gasteiger partial charge in [0.1, 0.15) is 0 Å². The maximum Gasteiger partial charge on any atom is 0.307 e. The predicted molar refractivity (Wildman–Crippen MR) is 107 cm³/mol. The monoisotopic (exact) mass is 372 g/mol. The van der Waals surface area contributed by atoms with Crippen LogP contribution in [0.4, 0.5) is 5.69 Å². The van der Waals surface area contributed by atoms with Gasteiger partial charge in [-0.3, -0.25) is 9.59 Å². The Morgan fingerprint density at radius 1 is 1.30 bits per heavy atom. The third-order valence-electron chi connectivity index (χ3n) is 5.94. The summed E-state index contributed by atoms with van der Waals surface area (Å²) >= 11 is 0. The molecule has 0 saturated carbocycles. The molecule has 0 aromatic heterocycles. The van der Waals surface area contributed by atoms with E-state index in [0.717, 1.165) is 57.3 Å². The predicted octanol–water partition coefficient (Wildman–Crippen LogP) is 3.49. The summed E-state index contributed by atoms with van der Waals surface area (Å²) in [6.45, 7) is 6.80. The van der Waals surface area contributed by atoms with Crippen molar-refractivity contribution < 1.29 is 14.7 Å². The van der Waals surface area contributed by atoms with E-state index in [4.69, 9.17) is 0 Å². The first-order chi connectivity index (χ1) is 13.0. The van der Waals surface area contributed by atoms with E-state index in [-0.39, 0.29) is 17.9 Å². The topological polar surface area (TPSA) is 60.9 Å². The van der Waals surface area contributed by atoms with Gasteiger partial charge in [-0.15, -0.1) is 0 Å². The van der Waals surface area contributed by atoms with Gasteiger partial charge in [0.25, 0.3) is 0 Å². The summed E-state index contributed by atoms with van der Waals surface area (Å²) in [6, 6.07) is 6.72. The molecule has 1 aromatic carbocycles. The van der Waals surface area contributed by atoms with Crippen molar-refractivity contribution in [2.75, 3.05) is 24.5 Å². The molecule has 0 aliphatic carbocycles. The van der Waals surface area contributed by atoms with Gasteiger partial charge in [-0.25, -0.2) is 0 Å². The van der Waals surface area contributed by atoms with Crippen molar-refractivity contribution in [1.82, 2.24) is 4.90 Å². The molecule has 5 nitrogen and oxygen atoms in total. The third kappa shape index (κ3) is 4.70. The van der Waals surface area contributed by atoms with Crippen LogP contribution in [0.5, 0.6) is 0 Å². The van der Waals surface area contributed by atoms with E-state index in [9.17, 15) is 14.7 Å². The standard InChI is InChI=1S/C22H32N2O3/c1-3-4-7-21(25)24-16(2)13-19-14-17(8-9-20(19)24)10-12-23-11-5-6-18(15-23)22(26)27/h8-9,14,16,18H,3-7,10-13,15H2,1-2H3,(H,26,27). The summed E-state index contributed by atoms with van der Waals surface area (Å²) in [5, 5.41) is 9.24. The minimum Gasteiger partial charge on any atom is -0.481 e. The Hall–Kier alpha value is -1.88. The smallest absolute Gasteiger partial charge is 0.307 e. The number of nitrogens with zero attached hydrogens (tertiary/aromatic N) is 2. The number of carbonyl (C=O) groups excluding carboxylic acids is 1. The highest BCUT2D eigenvalue weighted by Gasteiger charge is 2.30. The molecule has 0 radical (unpaired) electrons. The number of carboxylic acids is 1. The number of hydrogen-bond acceptors (Lipinski definition) is 3. The molecule has 2 atom stereocenters. The second-order valence-electron chi connectivity index (χ2n) is 8.11. The lowest BCUT2D eigenvalue weighted by molar-refractivity contribution is -0.143. The van der Waals surface area contributed by atoms with E-state index in [0.29, 0.717) is 13.0 Å². The molecule has 5 heteroatoms. The number of carboxylic acid groups (broad SMARTS) is 1. The van der Waals surface area contributed by atoms with Crippen molar-refractivity contribution in [3.8, 4) is 0 Å². The number of aliphatic carboxylic acids is 1. The van der Waals surface area contributed by atoms with Gasteiger partial charge in [0.15, 0.2) is 0 Å². The summed E-state index contributed by atoms with van der Waals surface area (Å²) < 4.78 is 0. The van der Waals surface area contributed by atoms with Crippen LogP contribution in [0.2, 0.25) is 0 Å². The van der Waals surface area contributed by atoms with E-state index in [1.807, 2.05) is 4.90 Å². The Bertz CT molecular complexity index is 688. The highest BCUT2D eigenvalue weighted by atomic mass is 16.4. The van der Waals surface area contributed by atoms with Crippen LogP contribution in [0, 0.1) is 5.92 Å². The van der Waals surface area contributed by atoms with Gasteiger partial charge in [0.05, 0.1) is 5.92 Å². The molecule has 1 saturated heterocycles. The number of fused-ring (bicyclic) bond motifs is 1. The SMILES string of the molecule is CCCCC(=O)N1c2ccc(CCN3CCCC(C(=O)O)C3)cc2CC1C.